The Kier molecular flexibility index (Phi) is 3.12. The topological polar surface area (TPSA) is 58.1 Å². The van der Waals surface area contributed by atoms with E-state index in [9.17, 15) is 0 Å². The fraction of sp³-hybridized carbons (Fsp3) is 0.182. The lowest BCUT2D eigenvalue weighted by molar-refractivity contribution is 0.277. The molecule has 1 aromatic carbocycles. The van der Waals surface area contributed by atoms with Crippen LogP contribution in [0.1, 0.15) is 5.69 Å². The Balaban J connectivity index is 2.34. The molecule has 1 heterocycles. The lowest BCUT2D eigenvalue weighted by Crippen LogP contribution is -1.85. The number of H-pyrrole nitrogens is 1. The molecule has 0 radical (unpaired) electrons. The molecular formula is C11H11ClN2O2. The number of methoxy groups -OCH3 is 1. The number of hydrogen-bond donors (Lipinski definition) is 2. The molecule has 0 saturated carbocycles. The molecule has 0 saturated heterocycles. The van der Waals surface area contributed by atoms with Crippen molar-refractivity contribution in [3.63, 3.8) is 0 Å². The SMILES string of the molecule is COc1ccc(-c2nc(Cl)c(CO)[nH]2)cc1. The van der Waals surface area contributed by atoms with Crippen molar-refractivity contribution >= 4 is 11.6 Å². The standard InChI is InChI=1S/C11H11ClN2O2/c1-16-8-4-2-7(3-5-8)11-13-9(6-15)10(12)14-11/h2-5,15H,6H2,1H3,(H,13,14). The van der Waals surface area contributed by atoms with Gasteiger partial charge < -0.3 is 14.8 Å². The van der Waals surface area contributed by atoms with Crippen molar-refractivity contribution in [3.05, 3.63) is 35.1 Å². The molecule has 0 unspecified atom stereocenters. The second-order valence-electron chi connectivity index (χ2n) is 3.24. The molecule has 2 N–H and O–H groups in total. The zero-order valence-corrected chi connectivity index (χ0v) is 9.45. The lowest BCUT2D eigenvalue weighted by atomic mass is 10.2. The van der Waals surface area contributed by atoms with Gasteiger partial charge in [-0.3, -0.25) is 0 Å². The molecule has 0 atom stereocenters. The summed E-state index contributed by atoms with van der Waals surface area (Å²) < 4.78 is 5.06. The van der Waals surface area contributed by atoms with Gasteiger partial charge in [0.25, 0.3) is 0 Å². The van der Waals surface area contributed by atoms with E-state index in [0.717, 1.165) is 11.3 Å². The number of hydrogen-bond acceptors (Lipinski definition) is 3. The van der Waals surface area contributed by atoms with Gasteiger partial charge in [0.1, 0.15) is 11.6 Å². The van der Waals surface area contributed by atoms with Crippen molar-refractivity contribution < 1.29 is 9.84 Å². The third-order valence-corrected chi connectivity index (χ3v) is 2.56. The highest BCUT2D eigenvalue weighted by Gasteiger charge is 2.08. The average molecular weight is 239 g/mol. The molecule has 0 amide bonds. The normalized spacial score (nSPS) is 10.4. The highest BCUT2D eigenvalue weighted by atomic mass is 35.5. The van der Waals surface area contributed by atoms with Crippen molar-refractivity contribution in [2.45, 2.75) is 6.61 Å². The Morgan fingerprint density at radius 3 is 2.56 bits per heavy atom. The number of benzene rings is 1. The summed E-state index contributed by atoms with van der Waals surface area (Å²) in [6.07, 6.45) is 0. The molecule has 0 spiro atoms. The second kappa shape index (κ2) is 4.55. The minimum atomic E-state index is -0.151. The Hall–Kier alpha value is -1.52. The van der Waals surface area contributed by atoms with Gasteiger partial charge >= 0.3 is 0 Å². The molecule has 0 bridgehead atoms. The number of ether oxygens (including phenoxy) is 1. The van der Waals surface area contributed by atoms with E-state index in [1.165, 1.54) is 0 Å². The first-order valence-electron chi connectivity index (χ1n) is 4.74. The van der Waals surface area contributed by atoms with Gasteiger partial charge in [-0.05, 0) is 24.3 Å². The summed E-state index contributed by atoms with van der Waals surface area (Å²) in [5.74, 6) is 1.42. The number of rotatable bonds is 3. The third kappa shape index (κ3) is 2.03. The van der Waals surface area contributed by atoms with Crippen LogP contribution in [-0.2, 0) is 6.61 Å². The molecule has 84 valence electrons. The van der Waals surface area contributed by atoms with Crippen LogP contribution in [0.25, 0.3) is 11.4 Å². The second-order valence-corrected chi connectivity index (χ2v) is 3.60. The van der Waals surface area contributed by atoms with E-state index in [-0.39, 0.29) is 6.61 Å². The maximum atomic E-state index is 8.99. The minimum absolute atomic E-state index is 0.151. The van der Waals surface area contributed by atoms with E-state index >= 15 is 0 Å². The summed E-state index contributed by atoms with van der Waals surface area (Å²) in [5.41, 5.74) is 1.41. The quantitative estimate of drug-likeness (QED) is 0.862. The van der Waals surface area contributed by atoms with E-state index < -0.39 is 0 Å². The third-order valence-electron chi connectivity index (χ3n) is 2.25. The van der Waals surface area contributed by atoms with Gasteiger partial charge in [0.05, 0.1) is 19.4 Å². The van der Waals surface area contributed by atoms with Gasteiger partial charge in [0.2, 0.25) is 0 Å². The highest BCUT2D eigenvalue weighted by Crippen LogP contribution is 2.23. The van der Waals surface area contributed by atoms with Gasteiger partial charge in [-0.25, -0.2) is 4.98 Å². The van der Waals surface area contributed by atoms with Crippen LogP contribution < -0.4 is 4.74 Å². The predicted molar refractivity (Wildman–Crippen MR) is 61.5 cm³/mol. The molecule has 1 aromatic heterocycles. The lowest BCUT2D eigenvalue weighted by Gasteiger charge is -2.00. The number of halogens is 1. The number of aliphatic hydroxyl groups is 1. The van der Waals surface area contributed by atoms with Gasteiger partial charge in [-0.2, -0.15) is 0 Å². The van der Waals surface area contributed by atoms with Gasteiger partial charge in [0.15, 0.2) is 5.15 Å². The number of nitrogens with zero attached hydrogens (tertiary/aromatic N) is 1. The maximum absolute atomic E-state index is 8.99. The molecule has 5 heteroatoms. The predicted octanol–water partition coefficient (Wildman–Crippen LogP) is 2.23. The largest absolute Gasteiger partial charge is 0.497 e. The number of imidazole rings is 1. The van der Waals surface area contributed by atoms with Gasteiger partial charge in [-0.1, -0.05) is 11.6 Å². The summed E-state index contributed by atoms with van der Waals surface area (Å²) in [4.78, 5) is 7.07. The first kappa shape index (κ1) is 11.0. The smallest absolute Gasteiger partial charge is 0.153 e. The van der Waals surface area contributed by atoms with E-state index in [2.05, 4.69) is 9.97 Å². The Morgan fingerprint density at radius 2 is 2.06 bits per heavy atom. The van der Waals surface area contributed by atoms with Crippen molar-refractivity contribution in [3.8, 4) is 17.1 Å². The van der Waals surface area contributed by atoms with E-state index in [4.69, 9.17) is 21.4 Å². The number of aromatic amines is 1. The van der Waals surface area contributed by atoms with Crippen LogP contribution in [0.5, 0.6) is 5.75 Å². The molecule has 0 aliphatic heterocycles. The first-order valence-corrected chi connectivity index (χ1v) is 5.12. The van der Waals surface area contributed by atoms with Crippen LogP contribution in [0, 0.1) is 0 Å². The zero-order valence-electron chi connectivity index (χ0n) is 8.70. The summed E-state index contributed by atoms with van der Waals surface area (Å²) >= 11 is 5.83. The van der Waals surface area contributed by atoms with Crippen LogP contribution in [-0.4, -0.2) is 22.2 Å². The minimum Gasteiger partial charge on any atom is -0.497 e. The van der Waals surface area contributed by atoms with E-state index in [1.807, 2.05) is 24.3 Å². The van der Waals surface area contributed by atoms with Crippen LogP contribution in [0.2, 0.25) is 5.15 Å². The Morgan fingerprint density at radius 1 is 1.38 bits per heavy atom. The van der Waals surface area contributed by atoms with Crippen LogP contribution >= 0.6 is 11.6 Å². The Bertz CT molecular complexity index is 479. The molecule has 0 aliphatic carbocycles. The monoisotopic (exact) mass is 238 g/mol. The summed E-state index contributed by atoms with van der Waals surface area (Å²) in [6.45, 7) is -0.151. The molecule has 0 aliphatic rings. The first-order chi connectivity index (χ1) is 7.74. The summed E-state index contributed by atoms with van der Waals surface area (Å²) in [5, 5.41) is 9.28. The molecular weight excluding hydrogens is 228 g/mol. The van der Waals surface area contributed by atoms with Crippen molar-refractivity contribution in [1.29, 1.82) is 0 Å². The zero-order chi connectivity index (χ0) is 11.5. The van der Waals surface area contributed by atoms with Gasteiger partial charge in [0, 0.05) is 5.56 Å². The van der Waals surface area contributed by atoms with Crippen LogP contribution in [0.15, 0.2) is 24.3 Å². The molecule has 2 rings (SSSR count). The fourth-order valence-electron chi connectivity index (χ4n) is 1.38. The average Bonchev–Trinajstić information content (AvgIpc) is 2.71. The number of nitrogens with one attached hydrogen (secondary N) is 1. The molecule has 2 aromatic rings. The Labute approximate surface area is 97.9 Å². The van der Waals surface area contributed by atoms with Gasteiger partial charge in [-0.15, -0.1) is 0 Å². The number of aromatic nitrogens is 2. The number of aliphatic hydroxyl groups excluding tert-OH is 1. The summed E-state index contributed by atoms with van der Waals surface area (Å²) in [7, 11) is 1.61. The molecule has 0 fully saturated rings. The van der Waals surface area contributed by atoms with Crippen molar-refractivity contribution in [2.24, 2.45) is 0 Å². The van der Waals surface area contributed by atoms with Crippen molar-refractivity contribution in [1.82, 2.24) is 9.97 Å². The summed E-state index contributed by atoms with van der Waals surface area (Å²) in [6, 6.07) is 7.42. The molecule has 16 heavy (non-hydrogen) atoms. The fourth-order valence-corrected chi connectivity index (χ4v) is 1.57. The maximum Gasteiger partial charge on any atom is 0.153 e. The molecule has 4 nitrogen and oxygen atoms in total. The highest BCUT2D eigenvalue weighted by molar-refractivity contribution is 6.30. The van der Waals surface area contributed by atoms with Crippen LogP contribution in [0.3, 0.4) is 0 Å². The van der Waals surface area contributed by atoms with E-state index in [0.29, 0.717) is 16.7 Å². The van der Waals surface area contributed by atoms with Crippen molar-refractivity contribution in [2.75, 3.05) is 7.11 Å². The van der Waals surface area contributed by atoms with E-state index in [1.54, 1.807) is 7.11 Å². The van der Waals surface area contributed by atoms with Crippen LogP contribution in [0.4, 0.5) is 0 Å².